The molecule has 0 amide bonds. The van der Waals surface area contributed by atoms with Crippen molar-refractivity contribution in [3.63, 3.8) is 0 Å². The predicted octanol–water partition coefficient (Wildman–Crippen LogP) is 2.74. The van der Waals surface area contributed by atoms with Crippen molar-refractivity contribution in [3.8, 4) is 0 Å². The van der Waals surface area contributed by atoms with E-state index in [4.69, 9.17) is 4.74 Å². The van der Waals surface area contributed by atoms with Crippen molar-refractivity contribution in [2.24, 2.45) is 0 Å². The standard InChI is InChI=1S/C13H17FO2/c1-9-8-10(14)4-5-11(9)12(15)13(2)6-3-7-16-13/h4-5,8,12,15H,3,6-7H2,1-2H3. The Bertz CT molecular complexity index is 384. The Labute approximate surface area is 95.1 Å². The van der Waals surface area contributed by atoms with Gasteiger partial charge in [0.05, 0.1) is 5.60 Å². The van der Waals surface area contributed by atoms with Crippen molar-refractivity contribution in [2.75, 3.05) is 6.61 Å². The Balaban J connectivity index is 2.29. The number of hydrogen-bond donors (Lipinski definition) is 1. The van der Waals surface area contributed by atoms with Gasteiger partial charge in [0, 0.05) is 6.61 Å². The van der Waals surface area contributed by atoms with Crippen LogP contribution in [0.4, 0.5) is 4.39 Å². The van der Waals surface area contributed by atoms with Gasteiger partial charge in [-0.1, -0.05) is 6.07 Å². The van der Waals surface area contributed by atoms with Gasteiger partial charge in [-0.3, -0.25) is 0 Å². The first kappa shape index (κ1) is 11.6. The van der Waals surface area contributed by atoms with E-state index in [1.54, 1.807) is 13.0 Å². The first-order valence-corrected chi connectivity index (χ1v) is 5.61. The highest BCUT2D eigenvalue weighted by molar-refractivity contribution is 5.30. The molecule has 1 aromatic rings. The van der Waals surface area contributed by atoms with Crippen LogP contribution in [0.15, 0.2) is 18.2 Å². The molecule has 0 bridgehead atoms. The fraction of sp³-hybridized carbons (Fsp3) is 0.538. The molecule has 16 heavy (non-hydrogen) atoms. The molecule has 1 aliphatic rings. The van der Waals surface area contributed by atoms with Crippen LogP contribution in [-0.2, 0) is 4.74 Å². The third-order valence-electron chi connectivity index (χ3n) is 3.35. The predicted molar refractivity (Wildman–Crippen MR) is 59.7 cm³/mol. The summed E-state index contributed by atoms with van der Waals surface area (Å²) in [6, 6.07) is 4.46. The van der Waals surface area contributed by atoms with Crippen LogP contribution in [0.5, 0.6) is 0 Å². The summed E-state index contributed by atoms with van der Waals surface area (Å²) in [5, 5.41) is 10.3. The Morgan fingerprint density at radius 3 is 2.81 bits per heavy atom. The highest BCUT2D eigenvalue weighted by Crippen LogP contribution is 2.38. The van der Waals surface area contributed by atoms with Crippen LogP contribution < -0.4 is 0 Å². The minimum absolute atomic E-state index is 0.272. The lowest BCUT2D eigenvalue weighted by Crippen LogP contribution is -2.32. The van der Waals surface area contributed by atoms with E-state index in [2.05, 4.69) is 0 Å². The summed E-state index contributed by atoms with van der Waals surface area (Å²) in [5.41, 5.74) is 0.998. The summed E-state index contributed by atoms with van der Waals surface area (Å²) in [7, 11) is 0. The van der Waals surface area contributed by atoms with Crippen molar-refractivity contribution in [1.82, 2.24) is 0 Å². The first-order valence-electron chi connectivity index (χ1n) is 5.61. The van der Waals surface area contributed by atoms with Crippen LogP contribution in [0, 0.1) is 12.7 Å². The monoisotopic (exact) mass is 224 g/mol. The molecule has 1 saturated heterocycles. The van der Waals surface area contributed by atoms with Gasteiger partial charge in [0.25, 0.3) is 0 Å². The van der Waals surface area contributed by atoms with Crippen molar-refractivity contribution >= 4 is 0 Å². The quantitative estimate of drug-likeness (QED) is 0.837. The van der Waals surface area contributed by atoms with E-state index in [-0.39, 0.29) is 5.82 Å². The highest BCUT2D eigenvalue weighted by atomic mass is 19.1. The van der Waals surface area contributed by atoms with Crippen LogP contribution in [0.1, 0.15) is 37.0 Å². The van der Waals surface area contributed by atoms with Crippen LogP contribution >= 0.6 is 0 Å². The lowest BCUT2D eigenvalue weighted by atomic mass is 9.88. The maximum absolute atomic E-state index is 13.0. The second-order valence-electron chi connectivity index (χ2n) is 4.67. The third kappa shape index (κ3) is 1.97. The van der Waals surface area contributed by atoms with E-state index in [0.29, 0.717) is 6.61 Å². The minimum atomic E-state index is -0.685. The third-order valence-corrected chi connectivity index (χ3v) is 3.35. The van der Waals surface area contributed by atoms with Gasteiger partial charge in [-0.25, -0.2) is 4.39 Å². The number of aliphatic hydroxyl groups excluding tert-OH is 1. The van der Waals surface area contributed by atoms with Crippen molar-refractivity contribution in [2.45, 2.75) is 38.4 Å². The Hall–Kier alpha value is -0.930. The van der Waals surface area contributed by atoms with E-state index < -0.39 is 11.7 Å². The summed E-state index contributed by atoms with van der Waals surface area (Å²) in [4.78, 5) is 0. The number of halogens is 1. The minimum Gasteiger partial charge on any atom is -0.385 e. The summed E-state index contributed by atoms with van der Waals surface area (Å²) in [5.74, 6) is -0.272. The van der Waals surface area contributed by atoms with Gasteiger partial charge >= 0.3 is 0 Å². The number of hydrogen-bond acceptors (Lipinski definition) is 2. The summed E-state index contributed by atoms with van der Waals surface area (Å²) in [6.07, 6.45) is 1.12. The van der Waals surface area contributed by atoms with Crippen LogP contribution in [0.2, 0.25) is 0 Å². The molecule has 1 N–H and O–H groups in total. The Kier molecular flexibility index (Phi) is 3.00. The maximum atomic E-state index is 13.0. The number of rotatable bonds is 2. The largest absolute Gasteiger partial charge is 0.385 e. The van der Waals surface area contributed by atoms with Gasteiger partial charge in [-0.05, 0) is 49.9 Å². The average molecular weight is 224 g/mol. The molecule has 3 heteroatoms. The van der Waals surface area contributed by atoms with E-state index in [0.717, 1.165) is 24.0 Å². The van der Waals surface area contributed by atoms with E-state index in [1.807, 2.05) is 6.92 Å². The zero-order valence-corrected chi connectivity index (χ0v) is 9.66. The molecule has 0 radical (unpaired) electrons. The molecule has 2 atom stereocenters. The molecule has 1 aliphatic heterocycles. The number of ether oxygens (including phenoxy) is 1. The molecular weight excluding hydrogens is 207 g/mol. The molecule has 2 rings (SSSR count). The van der Waals surface area contributed by atoms with Crippen molar-refractivity contribution in [1.29, 1.82) is 0 Å². The van der Waals surface area contributed by atoms with E-state index in [1.165, 1.54) is 12.1 Å². The molecule has 0 aromatic heterocycles. The molecule has 2 nitrogen and oxygen atoms in total. The second-order valence-corrected chi connectivity index (χ2v) is 4.67. The van der Waals surface area contributed by atoms with Gasteiger partial charge in [0.15, 0.2) is 0 Å². The second kappa shape index (κ2) is 4.15. The van der Waals surface area contributed by atoms with E-state index >= 15 is 0 Å². The zero-order chi connectivity index (χ0) is 11.8. The number of benzene rings is 1. The highest BCUT2D eigenvalue weighted by Gasteiger charge is 2.38. The van der Waals surface area contributed by atoms with Crippen molar-refractivity contribution < 1.29 is 14.2 Å². The molecule has 1 aromatic carbocycles. The SMILES string of the molecule is Cc1cc(F)ccc1C(O)C1(C)CCCO1. The van der Waals surface area contributed by atoms with Gasteiger partial charge in [0.1, 0.15) is 11.9 Å². The molecule has 88 valence electrons. The summed E-state index contributed by atoms with van der Waals surface area (Å²) in [6.45, 7) is 4.40. The van der Waals surface area contributed by atoms with Crippen molar-refractivity contribution in [3.05, 3.63) is 35.1 Å². The Morgan fingerprint density at radius 2 is 2.25 bits per heavy atom. The van der Waals surface area contributed by atoms with Crippen LogP contribution in [-0.4, -0.2) is 17.3 Å². The Morgan fingerprint density at radius 1 is 1.50 bits per heavy atom. The molecule has 1 fully saturated rings. The van der Waals surface area contributed by atoms with Gasteiger partial charge < -0.3 is 9.84 Å². The smallest absolute Gasteiger partial charge is 0.123 e. The molecule has 0 spiro atoms. The molecular formula is C13H17FO2. The fourth-order valence-electron chi connectivity index (χ4n) is 2.29. The molecule has 0 aliphatic carbocycles. The van der Waals surface area contributed by atoms with Crippen LogP contribution in [0.25, 0.3) is 0 Å². The van der Waals surface area contributed by atoms with Crippen LogP contribution in [0.3, 0.4) is 0 Å². The number of aliphatic hydroxyl groups is 1. The fourth-order valence-corrected chi connectivity index (χ4v) is 2.29. The average Bonchev–Trinajstić information content (AvgIpc) is 2.66. The molecule has 2 unspecified atom stereocenters. The lowest BCUT2D eigenvalue weighted by Gasteiger charge is -2.30. The van der Waals surface area contributed by atoms with E-state index in [9.17, 15) is 9.50 Å². The summed E-state index contributed by atoms with van der Waals surface area (Å²) < 4.78 is 18.6. The van der Waals surface area contributed by atoms with Gasteiger partial charge in [-0.15, -0.1) is 0 Å². The first-order chi connectivity index (χ1) is 7.53. The molecule has 1 heterocycles. The normalized spacial score (nSPS) is 27.0. The van der Waals surface area contributed by atoms with Gasteiger partial charge in [-0.2, -0.15) is 0 Å². The number of aryl methyl sites for hydroxylation is 1. The zero-order valence-electron chi connectivity index (χ0n) is 9.66. The lowest BCUT2D eigenvalue weighted by molar-refractivity contribution is -0.0798. The topological polar surface area (TPSA) is 29.5 Å². The van der Waals surface area contributed by atoms with Gasteiger partial charge in [0.2, 0.25) is 0 Å². The summed E-state index contributed by atoms with van der Waals surface area (Å²) >= 11 is 0. The molecule has 0 saturated carbocycles. The maximum Gasteiger partial charge on any atom is 0.123 e.